The normalized spacial score (nSPS) is 10.0. The van der Waals surface area contributed by atoms with Gasteiger partial charge < -0.3 is 10.8 Å². The van der Waals surface area contributed by atoms with Crippen molar-refractivity contribution in [3.63, 3.8) is 0 Å². The minimum atomic E-state index is 0.138. The molecule has 0 bridgehead atoms. The van der Waals surface area contributed by atoms with Crippen LogP contribution < -0.4 is 5.73 Å². The van der Waals surface area contributed by atoms with Crippen LogP contribution in [-0.2, 0) is 6.42 Å². The van der Waals surface area contributed by atoms with Gasteiger partial charge in [-0.2, -0.15) is 0 Å². The molecule has 0 heterocycles. The molecule has 11 heavy (non-hydrogen) atoms. The zero-order chi connectivity index (χ0) is 8.27. The first-order valence-corrected chi connectivity index (χ1v) is 3.88. The molecule has 4 N–H and O–H groups in total. The van der Waals surface area contributed by atoms with Gasteiger partial charge in [0, 0.05) is 6.42 Å². The summed E-state index contributed by atoms with van der Waals surface area (Å²) < 4.78 is 0. The molecule has 0 radical (unpaired) electrons. The van der Waals surface area contributed by atoms with Crippen LogP contribution in [0.15, 0.2) is 18.2 Å². The third-order valence-electron chi connectivity index (χ3n) is 1.48. The third-order valence-corrected chi connectivity index (χ3v) is 1.78. The molecule has 0 unspecified atom stereocenters. The van der Waals surface area contributed by atoms with Gasteiger partial charge in [0.05, 0.1) is 11.6 Å². The molecule has 0 saturated carbocycles. The van der Waals surface area contributed by atoms with Gasteiger partial charge in [0.25, 0.3) is 0 Å². The highest BCUT2D eigenvalue weighted by Crippen LogP contribution is 2.23. The Morgan fingerprint density at radius 1 is 1.45 bits per heavy atom. The second kappa shape index (κ2) is 3.60. The van der Waals surface area contributed by atoms with Gasteiger partial charge in [0.2, 0.25) is 0 Å². The number of phenolic OH excluding ortho intramolecular Hbond substituents is 1. The van der Waals surface area contributed by atoms with Crippen LogP contribution in [0, 0.1) is 0 Å². The van der Waals surface area contributed by atoms with E-state index in [0.29, 0.717) is 5.02 Å². The fraction of sp³-hybridized carbons (Fsp3) is 0.250. The number of halogens is 1. The van der Waals surface area contributed by atoms with Crippen molar-refractivity contribution in [2.45, 2.75) is 6.42 Å². The highest BCUT2D eigenvalue weighted by atomic mass is 35.5. The lowest BCUT2D eigenvalue weighted by Crippen LogP contribution is -2.51. The van der Waals surface area contributed by atoms with Crippen LogP contribution in [0.25, 0.3) is 0 Å². The van der Waals surface area contributed by atoms with Crippen LogP contribution in [0.4, 0.5) is 0 Å². The predicted molar refractivity (Wildman–Crippen MR) is 44.6 cm³/mol. The van der Waals surface area contributed by atoms with Crippen LogP contribution in [0.1, 0.15) is 5.56 Å². The van der Waals surface area contributed by atoms with Gasteiger partial charge in [-0.15, -0.1) is 0 Å². The molecule has 1 aromatic rings. The zero-order valence-electron chi connectivity index (χ0n) is 6.18. The van der Waals surface area contributed by atoms with E-state index in [0.717, 1.165) is 18.5 Å². The maximum atomic E-state index is 9.06. The third kappa shape index (κ3) is 2.10. The minimum Gasteiger partial charge on any atom is -0.506 e. The Morgan fingerprint density at radius 2 is 2.18 bits per heavy atom. The van der Waals surface area contributed by atoms with E-state index in [4.69, 9.17) is 16.7 Å². The van der Waals surface area contributed by atoms with Gasteiger partial charge in [-0.05, 0) is 17.7 Å². The number of rotatable bonds is 2. The Morgan fingerprint density at radius 3 is 2.73 bits per heavy atom. The fourth-order valence-electron chi connectivity index (χ4n) is 0.910. The molecule has 0 aliphatic carbocycles. The monoisotopic (exact) mass is 172 g/mol. The van der Waals surface area contributed by atoms with Gasteiger partial charge in [0.15, 0.2) is 0 Å². The maximum Gasteiger partial charge on any atom is 0.134 e. The smallest absolute Gasteiger partial charge is 0.134 e. The fourth-order valence-corrected chi connectivity index (χ4v) is 1.11. The summed E-state index contributed by atoms with van der Waals surface area (Å²) in [5.74, 6) is 0.138. The maximum absolute atomic E-state index is 9.06. The molecule has 0 fully saturated rings. The van der Waals surface area contributed by atoms with Gasteiger partial charge in [-0.3, -0.25) is 0 Å². The molecule has 0 saturated heterocycles. The van der Waals surface area contributed by atoms with Crippen molar-refractivity contribution in [3.05, 3.63) is 28.8 Å². The van der Waals surface area contributed by atoms with E-state index in [-0.39, 0.29) is 5.75 Å². The second-order valence-corrected chi connectivity index (χ2v) is 2.80. The number of hydrogen-bond acceptors (Lipinski definition) is 1. The summed E-state index contributed by atoms with van der Waals surface area (Å²) >= 11 is 5.68. The molecule has 0 spiro atoms. The molecule has 60 valence electrons. The minimum absolute atomic E-state index is 0.138. The first-order chi connectivity index (χ1) is 5.24. The van der Waals surface area contributed by atoms with E-state index in [2.05, 4.69) is 5.73 Å². The summed E-state index contributed by atoms with van der Waals surface area (Å²) in [6, 6.07) is 5.22. The molecule has 1 rings (SSSR count). The lowest BCUT2D eigenvalue weighted by atomic mass is 10.1. The van der Waals surface area contributed by atoms with Gasteiger partial charge in [-0.25, -0.2) is 0 Å². The van der Waals surface area contributed by atoms with E-state index < -0.39 is 0 Å². The average Bonchev–Trinajstić information content (AvgIpc) is 1.98. The number of quaternary nitrogens is 1. The van der Waals surface area contributed by atoms with Crippen molar-refractivity contribution in [2.75, 3.05) is 6.54 Å². The molecule has 0 amide bonds. The summed E-state index contributed by atoms with van der Waals surface area (Å²) in [6.45, 7) is 0.848. The topological polar surface area (TPSA) is 47.9 Å². The quantitative estimate of drug-likeness (QED) is 0.682. The standard InChI is InChI=1S/C8H10ClNO/c9-7-5-6(3-4-10)1-2-8(7)11/h1-2,5,11H,3-4,10H2/p+1. The van der Waals surface area contributed by atoms with Crippen molar-refractivity contribution in [2.24, 2.45) is 0 Å². The molecule has 3 heteroatoms. The average molecular weight is 173 g/mol. The summed E-state index contributed by atoms with van der Waals surface area (Å²) in [7, 11) is 0. The number of phenols is 1. The van der Waals surface area contributed by atoms with E-state index in [1.807, 2.05) is 6.07 Å². The van der Waals surface area contributed by atoms with Crippen LogP contribution in [0.3, 0.4) is 0 Å². The van der Waals surface area contributed by atoms with Crippen LogP contribution in [0.2, 0.25) is 5.02 Å². The van der Waals surface area contributed by atoms with E-state index in [1.165, 1.54) is 0 Å². The van der Waals surface area contributed by atoms with Gasteiger partial charge in [-0.1, -0.05) is 17.7 Å². The van der Waals surface area contributed by atoms with Crippen molar-refractivity contribution >= 4 is 11.6 Å². The highest BCUT2D eigenvalue weighted by Gasteiger charge is 1.98. The van der Waals surface area contributed by atoms with E-state index in [9.17, 15) is 0 Å². The van der Waals surface area contributed by atoms with E-state index in [1.54, 1.807) is 12.1 Å². The predicted octanol–water partition coefficient (Wildman–Crippen LogP) is 0.830. The van der Waals surface area contributed by atoms with Gasteiger partial charge >= 0.3 is 0 Å². The molecule has 0 atom stereocenters. The zero-order valence-corrected chi connectivity index (χ0v) is 6.93. The molecule has 0 aromatic heterocycles. The molecule has 2 nitrogen and oxygen atoms in total. The summed E-state index contributed by atoms with van der Waals surface area (Å²) in [4.78, 5) is 0. The Labute approximate surface area is 70.6 Å². The SMILES string of the molecule is [NH3+]CCc1ccc(O)c(Cl)c1. The Kier molecular flexibility index (Phi) is 2.74. The van der Waals surface area contributed by atoms with Gasteiger partial charge in [0.1, 0.15) is 5.75 Å². The number of benzene rings is 1. The summed E-state index contributed by atoms with van der Waals surface area (Å²) in [5, 5.41) is 9.48. The molecule has 0 aliphatic heterocycles. The number of aromatic hydroxyl groups is 1. The lowest BCUT2D eigenvalue weighted by Gasteiger charge is -1.99. The van der Waals surface area contributed by atoms with E-state index >= 15 is 0 Å². The van der Waals surface area contributed by atoms with Crippen LogP contribution in [-0.4, -0.2) is 11.7 Å². The number of hydrogen-bond donors (Lipinski definition) is 2. The highest BCUT2D eigenvalue weighted by molar-refractivity contribution is 6.32. The van der Waals surface area contributed by atoms with Crippen molar-refractivity contribution < 1.29 is 10.8 Å². The lowest BCUT2D eigenvalue weighted by molar-refractivity contribution is -0.366. The first-order valence-electron chi connectivity index (χ1n) is 3.50. The largest absolute Gasteiger partial charge is 0.506 e. The van der Waals surface area contributed by atoms with Crippen LogP contribution >= 0.6 is 11.6 Å². The first kappa shape index (κ1) is 8.37. The van der Waals surface area contributed by atoms with Crippen molar-refractivity contribution in [1.82, 2.24) is 0 Å². The molecular formula is C8H11ClNO+. The van der Waals surface area contributed by atoms with Crippen molar-refractivity contribution in [3.8, 4) is 5.75 Å². The molecule has 1 aromatic carbocycles. The van der Waals surface area contributed by atoms with Crippen LogP contribution in [0.5, 0.6) is 5.75 Å². The molecular weight excluding hydrogens is 162 g/mol. The second-order valence-electron chi connectivity index (χ2n) is 2.39. The Hall–Kier alpha value is -0.730. The summed E-state index contributed by atoms with van der Waals surface area (Å²) in [5.41, 5.74) is 4.84. The van der Waals surface area contributed by atoms with Crippen molar-refractivity contribution in [1.29, 1.82) is 0 Å². The summed E-state index contributed by atoms with van der Waals surface area (Å²) in [6.07, 6.45) is 0.903. The Bertz CT molecular complexity index is 250. The molecule has 0 aliphatic rings. The Balaban J connectivity index is 2.86.